The van der Waals surface area contributed by atoms with Crippen molar-refractivity contribution in [2.75, 3.05) is 7.11 Å². The van der Waals surface area contributed by atoms with E-state index < -0.39 is 0 Å². The van der Waals surface area contributed by atoms with Gasteiger partial charge in [0.1, 0.15) is 0 Å². The van der Waals surface area contributed by atoms with E-state index in [9.17, 15) is 4.79 Å². The maximum absolute atomic E-state index is 10.8. The van der Waals surface area contributed by atoms with Crippen LogP contribution >= 0.6 is 0 Å². The summed E-state index contributed by atoms with van der Waals surface area (Å²) in [6.07, 6.45) is 0.592. The molecule has 0 bridgehead atoms. The van der Waals surface area contributed by atoms with Gasteiger partial charge in [-0.25, -0.2) is 4.79 Å². The molecule has 3 heteroatoms. The molecule has 1 N–H and O–H groups in total. The molecular formula is C9H19NO2. The molecule has 0 saturated heterocycles. The Morgan fingerprint density at radius 2 is 2.00 bits per heavy atom. The molecule has 1 amide bonds. The average Bonchev–Trinajstić information content (AvgIpc) is 1.82. The van der Waals surface area contributed by atoms with Gasteiger partial charge in [-0.15, -0.1) is 0 Å². The van der Waals surface area contributed by atoms with E-state index in [0.29, 0.717) is 0 Å². The number of alkyl carbamates (subject to hydrolysis) is 1. The van der Waals surface area contributed by atoms with Gasteiger partial charge in [-0.1, -0.05) is 20.8 Å². The summed E-state index contributed by atoms with van der Waals surface area (Å²) in [6, 6.07) is 0.164. The molecule has 0 unspecified atom stereocenters. The monoisotopic (exact) mass is 173 g/mol. The quantitative estimate of drug-likeness (QED) is 0.695. The summed E-state index contributed by atoms with van der Waals surface area (Å²) in [5.74, 6) is 0. The number of rotatable bonds is 2. The lowest BCUT2D eigenvalue weighted by molar-refractivity contribution is 0.164. The van der Waals surface area contributed by atoms with Crippen molar-refractivity contribution >= 4 is 6.09 Å². The van der Waals surface area contributed by atoms with Crippen molar-refractivity contribution in [3.05, 3.63) is 0 Å². The SMILES string of the molecule is COC(=O)N[C@@H](C)CC(C)(C)C. The van der Waals surface area contributed by atoms with Gasteiger partial charge >= 0.3 is 6.09 Å². The highest BCUT2D eigenvalue weighted by Gasteiger charge is 2.16. The lowest BCUT2D eigenvalue weighted by atomic mass is 9.89. The van der Waals surface area contributed by atoms with Crippen LogP contribution in [-0.4, -0.2) is 19.2 Å². The molecule has 0 spiro atoms. The van der Waals surface area contributed by atoms with Gasteiger partial charge in [-0.05, 0) is 18.8 Å². The summed E-state index contributed by atoms with van der Waals surface area (Å²) < 4.78 is 4.49. The second kappa shape index (κ2) is 4.33. The standard InChI is InChI=1S/C9H19NO2/c1-7(6-9(2,3)4)10-8(11)12-5/h7H,6H2,1-5H3,(H,10,11)/t7-/m0/s1. The Balaban J connectivity index is 3.74. The molecule has 0 heterocycles. The molecule has 3 nitrogen and oxygen atoms in total. The number of methoxy groups -OCH3 is 1. The number of amides is 1. The minimum Gasteiger partial charge on any atom is -0.453 e. The highest BCUT2D eigenvalue weighted by atomic mass is 16.5. The van der Waals surface area contributed by atoms with Crippen LogP contribution in [0.5, 0.6) is 0 Å². The lowest BCUT2D eigenvalue weighted by Gasteiger charge is -2.23. The van der Waals surface area contributed by atoms with Crippen molar-refractivity contribution in [3.8, 4) is 0 Å². The molecule has 0 fully saturated rings. The molecule has 0 aliphatic rings. The van der Waals surface area contributed by atoms with E-state index in [1.165, 1.54) is 7.11 Å². The Morgan fingerprint density at radius 1 is 1.50 bits per heavy atom. The molecule has 0 saturated carbocycles. The van der Waals surface area contributed by atoms with Gasteiger partial charge in [0.15, 0.2) is 0 Å². The number of ether oxygens (including phenoxy) is 1. The largest absolute Gasteiger partial charge is 0.453 e. The highest BCUT2D eigenvalue weighted by molar-refractivity contribution is 5.67. The first-order valence-corrected chi connectivity index (χ1v) is 4.19. The average molecular weight is 173 g/mol. The Hall–Kier alpha value is -0.730. The smallest absolute Gasteiger partial charge is 0.407 e. The molecule has 0 aromatic carbocycles. The van der Waals surface area contributed by atoms with Crippen LogP contribution in [0.2, 0.25) is 0 Å². The van der Waals surface area contributed by atoms with Crippen molar-refractivity contribution in [3.63, 3.8) is 0 Å². The molecular weight excluding hydrogens is 154 g/mol. The lowest BCUT2D eigenvalue weighted by Crippen LogP contribution is -2.35. The van der Waals surface area contributed by atoms with Gasteiger partial charge in [0.25, 0.3) is 0 Å². The summed E-state index contributed by atoms with van der Waals surface area (Å²) in [5.41, 5.74) is 0.237. The molecule has 12 heavy (non-hydrogen) atoms. The van der Waals surface area contributed by atoms with Gasteiger partial charge in [0.2, 0.25) is 0 Å². The maximum Gasteiger partial charge on any atom is 0.407 e. The second-order valence-electron chi connectivity index (χ2n) is 4.30. The molecule has 1 atom stereocenters. The van der Waals surface area contributed by atoms with Crippen LogP contribution in [0.3, 0.4) is 0 Å². The number of carbonyl (C=O) groups is 1. The molecule has 0 aromatic heterocycles. The fourth-order valence-corrected chi connectivity index (χ4v) is 1.23. The van der Waals surface area contributed by atoms with Crippen LogP contribution in [0, 0.1) is 5.41 Å². The van der Waals surface area contributed by atoms with Crippen LogP contribution in [0.4, 0.5) is 4.79 Å². The zero-order valence-electron chi connectivity index (χ0n) is 8.60. The van der Waals surface area contributed by atoms with E-state index in [0.717, 1.165) is 6.42 Å². The molecule has 0 aliphatic carbocycles. The minimum absolute atomic E-state index is 0.164. The van der Waals surface area contributed by atoms with Crippen molar-refractivity contribution in [1.82, 2.24) is 5.32 Å². The zero-order chi connectivity index (χ0) is 9.78. The van der Waals surface area contributed by atoms with Crippen LogP contribution < -0.4 is 5.32 Å². The van der Waals surface area contributed by atoms with E-state index in [1.54, 1.807) is 0 Å². The van der Waals surface area contributed by atoms with E-state index >= 15 is 0 Å². The van der Waals surface area contributed by atoms with Gasteiger partial charge < -0.3 is 10.1 Å². The van der Waals surface area contributed by atoms with Crippen molar-refractivity contribution in [2.24, 2.45) is 5.41 Å². The van der Waals surface area contributed by atoms with Crippen LogP contribution in [0.15, 0.2) is 0 Å². The van der Waals surface area contributed by atoms with Crippen molar-refractivity contribution in [2.45, 2.75) is 40.2 Å². The normalized spacial score (nSPS) is 13.8. The molecule has 0 rings (SSSR count). The van der Waals surface area contributed by atoms with Gasteiger partial charge in [0, 0.05) is 6.04 Å². The molecule has 72 valence electrons. The Morgan fingerprint density at radius 3 is 2.33 bits per heavy atom. The Kier molecular flexibility index (Phi) is 4.07. The van der Waals surface area contributed by atoms with Crippen LogP contribution in [-0.2, 0) is 4.74 Å². The van der Waals surface area contributed by atoms with Gasteiger partial charge in [0.05, 0.1) is 7.11 Å². The number of nitrogens with one attached hydrogen (secondary N) is 1. The number of hydrogen-bond donors (Lipinski definition) is 1. The first kappa shape index (κ1) is 11.3. The van der Waals surface area contributed by atoms with E-state index in [1.807, 2.05) is 6.92 Å². The molecule has 0 aromatic rings. The van der Waals surface area contributed by atoms with Gasteiger partial charge in [-0.3, -0.25) is 0 Å². The zero-order valence-corrected chi connectivity index (χ0v) is 8.60. The summed E-state index contributed by atoms with van der Waals surface area (Å²) in [7, 11) is 1.37. The maximum atomic E-state index is 10.8. The van der Waals surface area contributed by atoms with E-state index in [-0.39, 0.29) is 17.6 Å². The molecule has 0 aliphatic heterocycles. The van der Waals surface area contributed by atoms with E-state index in [2.05, 4.69) is 30.8 Å². The van der Waals surface area contributed by atoms with Crippen LogP contribution in [0.25, 0.3) is 0 Å². The fourth-order valence-electron chi connectivity index (χ4n) is 1.23. The van der Waals surface area contributed by atoms with Crippen LogP contribution in [0.1, 0.15) is 34.1 Å². The first-order valence-electron chi connectivity index (χ1n) is 4.19. The fraction of sp³-hybridized carbons (Fsp3) is 0.889. The number of hydrogen-bond acceptors (Lipinski definition) is 2. The summed E-state index contributed by atoms with van der Waals surface area (Å²) >= 11 is 0. The van der Waals surface area contributed by atoms with Gasteiger partial charge in [-0.2, -0.15) is 0 Å². The second-order valence-corrected chi connectivity index (χ2v) is 4.30. The highest BCUT2D eigenvalue weighted by Crippen LogP contribution is 2.20. The van der Waals surface area contributed by atoms with E-state index in [4.69, 9.17) is 0 Å². The molecule has 0 radical (unpaired) electrons. The minimum atomic E-state index is -0.355. The third-order valence-electron chi connectivity index (χ3n) is 1.47. The predicted octanol–water partition coefficient (Wildman–Crippen LogP) is 2.17. The Labute approximate surface area is 74.5 Å². The third kappa shape index (κ3) is 6.01. The summed E-state index contributed by atoms with van der Waals surface area (Å²) in [6.45, 7) is 8.40. The van der Waals surface area contributed by atoms with Crippen molar-refractivity contribution in [1.29, 1.82) is 0 Å². The third-order valence-corrected chi connectivity index (χ3v) is 1.47. The predicted molar refractivity (Wildman–Crippen MR) is 49.1 cm³/mol. The van der Waals surface area contributed by atoms with Crippen molar-refractivity contribution < 1.29 is 9.53 Å². The first-order chi connectivity index (χ1) is 5.35. The Bertz CT molecular complexity index is 149. The summed E-state index contributed by atoms with van der Waals surface area (Å²) in [5, 5.41) is 2.72. The topological polar surface area (TPSA) is 38.3 Å². The summed E-state index contributed by atoms with van der Waals surface area (Å²) in [4.78, 5) is 10.8. The number of carbonyl (C=O) groups excluding carboxylic acids is 1.